The number of amides is 2. The Morgan fingerprint density at radius 3 is 2.62 bits per heavy atom. The number of rotatable bonds is 6. The molecular weight excluding hydrogens is 306 g/mol. The van der Waals surface area contributed by atoms with Gasteiger partial charge in [-0.1, -0.05) is 0 Å². The summed E-state index contributed by atoms with van der Waals surface area (Å²) in [4.78, 5) is 31.7. The molecule has 0 N–H and O–H groups in total. The molecular formula is C18H31N3O3. The molecule has 6 nitrogen and oxygen atoms in total. The Hall–Kier alpha value is -1.14. The minimum atomic E-state index is -0.314. The highest BCUT2D eigenvalue weighted by Crippen LogP contribution is 2.40. The second kappa shape index (κ2) is 7.83. The predicted octanol–water partition coefficient (Wildman–Crippen LogP) is 0.960. The molecule has 0 bridgehead atoms. The molecule has 0 saturated carbocycles. The maximum Gasteiger partial charge on any atom is 0.230 e. The second-order valence-electron chi connectivity index (χ2n) is 7.53. The zero-order valence-electron chi connectivity index (χ0n) is 15.0. The SMILES string of the molecule is COCCC(=O)N1CCCC2(CCN(CCN3CCCC3)C2=O)C1. The van der Waals surface area contributed by atoms with Crippen molar-refractivity contribution in [1.29, 1.82) is 0 Å². The van der Waals surface area contributed by atoms with Gasteiger partial charge < -0.3 is 19.4 Å². The molecule has 2 amide bonds. The van der Waals surface area contributed by atoms with Crippen LogP contribution < -0.4 is 0 Å². The summed E-state index contributed by atoms with van der Waals surface area (Å²) in [6, 6.07) is 0. The number of piperidine rings is 1. The quantitative estimate of drug-likeness (QED) is 0.724. The zero-order valence-corrected chi connectivity index (χ0v) is 15.0. The van der Waals surface area contributed by atoms with Gasteiger partial charge in [0.25, 0.3) is 0 Å². The Kier molecular flexibility index (Phi) is 5.76. The average Bonchev–Trinajstić information content (AvgIpc) is 3.21. The number of likely N-dealkylation sites (tertiary alicyclic amines) is 3. The molecule has 1 spiro atoms. The summed E-state index contributed by atoms with van der Waals surface area (Å²) in [6.45, 7) is 6.89. The van der Waals surface area contributed by atoms with Gasteiger partial charge in [-0.25, -0.2) is 0 Å². The van der Waals surface area contributed by atoms with Crippen LogP contribution in [0.25, 0.3) is 0 Å². The molecule has 1 unspecified atom stereocenters. The Balaban J connectivity index is 1.54. The molecule has 0 aromatic heterocycles. The van der Waals surface area contributed by atoms with Gasteiger partial charge in [-0.3, -0.25) is 9.59 Å². The third-order valence-electron chi connectivity index (χ3n) is 5.94. The van der Waals surface area contributed by atoms with E-state index in [2.05, 4.69) is 4.90 Å². The molecule has 0 radical (unpaired) electrons. The average molecular weight is 337 g/mol. The van der Waals surface area contributed by atoms with Crippen molar-refractivity contribution >= 4 is 11.8 Å². The molecule has 3 rings (SSSR count). The first-order valence-corrected chi connectivity index (χ1v) is 9.43. The predicted molar refractivity (Wildman–Crippen MR) is 91.6 cm³/mol. The van der Waals surface area contributed by atoms with Crippen molar-refractivity contribution in [2.45, 2.75) is 38.5 Å². The molecule has 3 saturated heterocycles. The van der Waals surface area contributed by atoms with Crippen molar-refractivity contribution in [2.24, 2.45) is 5.41 Å². The summed E-state index contributed by atoms with van der Waals surface area (Å²) in [5, 5.41) is 0. The fourth-order valence-electron chi connectivity index (χ4n) is 4.45. The van der Waals surface area contributed by atoms with Crippen molar-refractivity contribution in [3.63, 3.8) is 0 Å². The van der Waals surface area contributed by atoms with Gasteiger partial charge in [-0.05, 0) is 45.2 Å². The van der Waals surface area contributed by atoms with Gasteiger partial charge in [-0.15, -0.1) is 0 Å². The number of methoxy groups -OCH3 is 1. The van der Waals surface area contributed by atoms with Gasteiger partial charge in [-0.2, -0.15) is 0 Å². The smallest absolute Gasteiger partial charge is 0.230 e. The van der Waals surface area contributed by atoms with Gasteiger partial charge in [0.2, 0.25) is 11.8 Å². The summed E-state index contributed by atoms with van der Waals surface area (Å²) in [6.07, 6.45) is 5.76. The highest BCUT2D eigenvalue weighted by atomic mass is 16.5. The fraction of sp³-hybridized carbons (Fsp3) is 0.889. The molecule has 0 aliphatic carbocycles. The summed E-state index contributed by atoms with van der Waals surface area (Å²) in [5.74, 6) is 0.408. The van der Waals surface area contributed by atoms with E-state index in [1.165, 1.54) is 25.9 Å². The van der Waals surface area contributed by atoms with E-state index in [1.54, 1.807) is 7.11 Å². The van der Waals surface area contributed by atoms with Crippen LogP contribution >= 0.6 is 0 Å². The van der Waals surface area contributed by atoms with E-state index >= 15 is 0 Å². The van der Waals surface area contributed by atoms with Crippen LogP contribution in [0.3, 0.4) is 0 Å². The van der Waals surface area contributed by atoms with Crippen LogP contribution in [0.15, 0.2) is 0 Å². The maximum absolute atomic E-state index is 13.0. The number of ether oxygens (including phenoxy) is 1. The van der Waals surface area contributed by atoms with E-state index in [1.807, 2.05) is 9.80 Å². The van der Waals surface area contributed by atoms with Crippen molar-refractivity contribution in [2.75, 3.05) is 59.5 Å². The first-order valence-electron chi connectivity index (χ1n) is 9.43. The number of carbonyl (C=O) groups excluding carboxylic acids is 2. The van der Waals surface area contributed by atoms with E-state index in [0.29, 0.717) is 19.6 Å². The Labute approximate surface area is 145 Å². The summed E-state index contributed by atoms with van der Waals surface area (Å²) < 4.78 is 5.01. The number of hydrogen-bond acceptors (Lipinski definition) is 4. The summed E-state index contributed by atoms with van der Waals surface area (Å²) >= 11 is 0. The standard InChI is InChI=1S/C18H31N3O3/c1-24-14-5-16(22)21-10-4-6-18(15-21)7-11-20(17(18)23)13-12-19-8-2-3-9-19/h2-15H2,1H3. The molecule has 3 aliphatic rings. The zero-order chi connectivity index (χ0) is 17.0. The molecule has 136 valence electrons. The molecule has 0 aromatic carbocycles. The number of carbonyl (C=O) groups is 2. The highest BCUT2D eigenvalue weighted by molar-refractivity contribution is 5.86. The monoisotopic (exact) mass is 337 g/mol. The first-order chi connectivity index (χ1) is 11.6. The molecule has 3 heterocycles. The van der Waals surface area contributed by atoms with Gasteiger partial charge in [0, 0.05) is 39.8 Å². The van der Waals surface area contributed by atoms with Crippen LogP contribution in [-0.2, 0) is 14.3 Å². The van der Waals surface area contributed by atoms with Gasteiger partial charge in [0.15, 0.2) is 0 Å². The lowest BCUT2D eigenvalue weighted by Gasteiger charge is -2.39. The van der Waals surface area contributed by atoms with Crippen LogP contribution in [0.5, 0.6) is 0 Å². The van der Waals surface area contributed by atoms with Crippen LogP contribution in [0.2, 0.25) is 0 Å². The number of hydrogen-bond donors (Lipinski definition) is 0. The largest absolute Gasteiger partial charge is 0.384 e. The van der Waals surface area contributed by atoms with E-state index in [9.17, 15) is 9.59 Å². The fourth-order valence-corrected chi connectivity index (χ4v) is 4.45. The molecule has 3 fully saturated rings. The lowest BCUT2D eigenvalue weighted by atomic mass is 9.78. The van der Waals surface area contributed by atoms with Crippen LogP contribution in [0, 0.1) is 5.41 Å². The van der Waals surface area contributed by atoms with Crippen LogP contribution in [0.1, 0.15) is 38.5 Å². The van der Waals surface area contributed by atoms with Gasteiger partial charge in [0.1, 0.15) is 0 Å². The van der Waals surface area contributed by atoms with E-state index < -0.39 is 0 Å². The summed E-state index contributed by atoms with van der Waals surface area (Å²) in [5.41, 5.74) is -0.314. The maximum atomic E-state index is 13.0. The minimum Gasteiger partial charge on any atom is -0.384 e. The van der Waals surface area contributed by atoms with E-state index in [0.717, 1.165) is 45.4 Å². The van der Waals surface area contributed by atoms with E-state index in [4.69, 9.17) is 4.74 Å². The third-order valence-corrected chi connectivity index (χ3v) is 5.94. The molecule has 0 aromatic rings. The third kappa shape index (κ3) is 3.75. The Morgan fingerprint density at radius 2 is 1.88 bits per heavy atom. The van der Waals surface area contributed by atoms with Crippen LogP contribution in [0.4, 0.5) is 0 Å². The number of nitrogens with zero attached hydrogens (tertiary/aromatic N) is 3. The van der Waals surface area contributed by atoms with Crippen molar-refractivity contribution in [1.82, 2.24) is 14.7 Å². The molecule has 6 heteroatoms. The topological polar surface area (TPSA) is 53.1 Å². The van der Waals surface area contributed by atoms with Crippen LogP contribution in [-0.4, -0.2) is 86.0 Å². The minimum absolute atomic E-state index is 0.124. The van der Waals surface area contributed by atoms with Gasteiger partial charge >= 0.3 is 0 Å². The lowest BCUT2D eigenvalue weighted by molar-refractivity contribution is -0.143. The molecule has 1 atom stereocenters. The van der Waals surface area contributed by atoms with Crippen molar-refractivity contribution in [3.8, 4) is 0 Å². The second-order valence-corrected chi connectivity index (χ2v) is 7.53. The van der Waals surface area contributed by atoms with Gasteiger partial charge in [0.05, 0.1) is 18.4 Å². The molecule has 24 heavy (non-hydrogen) atoms. The Morgan fingerprint density at radius 1 is 1.08 bits per heavy atom. The first kappa shape index (κ1) is 17.7. The lowest BCUT2D eigenvalue weighted by Crippen LogP contribution is -2.50. The van der Waals surface area contributed by atoms with Crippen molar-refractivity contribution in [3.05, 3.63) is 0 Å². The van der Waals surface area contributed by atoms with E-state index in [-0.39, 0.29) is 17.2 Å². The normalized spacial score (nSPS) is 28.3. The Bertz CT molecular complexity index is 464. The molecule has 3 aliphatic heterocycles. The highest BCUT2D eigenvalue weighted by Gasteiger charge is 2.49. The van der Waals surface area contributed by atoms with Crippen molar-refractivity contribution < 1.29 is 14.3 Å². The summed E-state index contributed by atoms with van der Waals surface area (Å²) in [7, 11) is 1.61.